The highest BCUT2D eigenvalue weighted by atomic mass is 16.5. The minimum absolute atomic E-state index is 0.0544. The number of hydrogen-bond donors (Lipinski definition) is 2. The molecule has 0 spiro atoms. The zero-order valence-corrected chi connectivity index (χ0v) is 12.3. The molecule has 1 amide bonds. The van der Waals surface area contributed by atoms with Crippen LogP contribution >= 0.6 is 0 Å². The molecule has 0 aliphatic heterocycles. The first-order valence-electron chi connectivity index (χ1n) is 6.78. The number of rotatable bonds is 6. The van der Waals surface area contributed by atoms with Crippen molar-refractivity contribution < 1.29 is 9.53 Å². The molecule has 21 heavy (non-hydrogen) atoms. The second kappa shape index (κ2) is 7.01. The number of methoxy groups -OCH3 is 1. The molecule has 0 aliphatic carbocycles. The van der Waals surface area contributed by atoms with Crippen LogP contribution in [-0.2, 0) is 4.74 Å². The van der Waals surface area contributed by atoms with Crippen LogP contribution in [0.4, 0.5) is 5.82 Å². The number of pyridine rings is 1. The summed E-state index contributed by atoms with van der Waals surface area (Å²) in [5.74, 6) is 5.85. The van der Waals surface area contributed by atoms with Gasteiger partial charge >= 0.3 is 0 Å². The van der Waals surface area contributed by atoms with Crippen molar-refractivity contribution >= 4 is 22.6 Å². The maximum absolute atomic E-state index is 12.6. The lowest BCUT2D eigenvalue weighted by Gasteiger charge is -2.18. The van der Waals surface area contributed by atoms with E-state index in [1.807, 2.05) is 24.3 Å². The Hall–Kier alpha value is -2.18. The first-order valence-corrected chi connectivity index (χ1v) is 6.78. The average Bonchev–Trinajstić information content (AvgIpc) is 2.53. The molecule has 3 N–H and O–H groups in total. The van der Waals surface area contributed by atoms with Gasteiger partial charge in [0.15, 0.2) is 0 Å². The fraction of sp³-hybridized carbons (Fsp3) is 0.333. The highest BCUT2D eigenvalue weighted by Crippen LogP contribution is 2.21. The average molecular weight is 288 g/mol. The molecule has 0 unspecified atom stereocenters. The molecular weight excluding hydrogens is 268 g/mol. The summed E-state index contributed by atoms with van der Waals surface area (Å²) >= 11 is 0. The van der Waals surface area contributed by atoms with Crippen molar-refractivity contribution in [3.05, 3.63) is 35.9 Å². The molecule has 0 saturated carbocycles. The summed E-state index contributed by atoms with van der Waals surface area (Å²) in [7, 11) is 3.43. The molecule has 0 fully saturated rings. The van der Waals surface area contributed by atoms with Gasteiger partial charge in [-0.05, 0) is 18.6 Å². The zero-order valence-electron chi connectivity index (χ0n) is 12.3. The zero-order chi connectivity index (χ0) is 15.2. The minimum atomic E-state index is -0.0544. The quantitative estimate of drug-likeness (QED) is 0.480. The van der Waals surface area contributed by atoms with Crippen LogP contribution in [0.3, 0.4) is 0 Å². The summed E-state index contributed by atoms with van der Waals surface area (Å²) in [4.78, 5) is 18.6. The molecule has 0 bridgehead atoms. The van der Waals surface area contributed by atoms with E-state index in [1.54, 1.807) is 25.1 Å². The predicted octanol–water partition coefficient (Wildman–Crippen LogP) is 1.63. The van der Waals surface area contributed by atoms with Crippen LogP contribution in [-0.4, -0.2) is 43.1 Å². The Bertz CT molecular complexity index is 630. The van der Waals surface area contributed by atoms with Gasteiger partial charge in [-0.1, -0.05) is 18.2 Å². The number of benzene rings is 1. The molecule has 112 valence electrons. The topological polar surface area (TPSA) is 80.5 Å². The van der Waals surface area contributed by atoms with Gasteiger partial charge in [0.2, 0.25) is 0 Å². The van der Waals surface area contributed by atoms with E-state index in [-0.39, 0.29) is 5.91 Å². The molecule has 2 rings (SSSR count). The largest absolute Gasteiger partial charge is 0.385 e. The smallest absolute Gasteiger partial charge is 0.254 e. The maximum Gasteiger partial charge on any atom is 0.254 e. The number of aromatic nitrogens is 1. The lowest BCUT2D eigenvalue weighted by molar-refractivity contribution is 0.0781. The van der Waals surface area contributed by atoms with Gasteiger partial charge in [-0.15, -0.1) is 0 Å². The number of hydrogen-bond acceptors (Lipinski definition) is 5. The fourth-order valence-corrected chi connectivity index (χ4v) is 2.18. The van der Waals surface area contributed by atoms with Crippen molar-refractivity contribution in [2.24, 2.45) is 5.84 Å². The van der Waals surface area contributed by atoms with E-state index in [1.165, 1.54) is 0 Å². The molecule has 0 saturated heterocycles. The monoisotopic (exact) mass is 288 g/mol. The van der Waals surface area contributed by atoms with Gasteiger partial charge < -0.3 is 15.1 Å². The van der Waals surface area contributed by atoms with Crippen LogP contribution in [0.1, 0.15) is 16.8 Å². The Morgan fingerprint density at radius 1 is 1.43 bits per heavy atom. The summed E-state index contributed by atoms with van der Waals surface area (Å²) in [6.45, 7) is 1.26. The third-order valence-electron chi connectivity index (χ3n) is 3.28. The molecule has 1 heterocycles. The standard InChI is InChI=1S/C15H20N4O2/c1-19(8-5-9-21-2)15(20)12-10-14(18-16)17-13-7-4-3-6-11(12)13/h3-4,6-7,10H,5,8-9,16H2,1-2H3,(H,17,18). The number of nitrogens with zero attached hydrogens (tertiary/aromatic N) is 2. The number of nitrogens with one attached hydrogen (secondary N) is 1. The van der Waals surface area contributed by atoms with Crippen LogP contribution in [0.5, 0.6) is 0 Å². The molecule has 0 radical (unpaired) electrons. The molecule has 6 nitrogen and oxygen atoms in total. The lowest BCUT2D eigenvalue weighted by Crippen LogP contribution is -2.28. The van der Waals surface area contributed by atoms with Crippen LogP contribution in [0, 0.1) is 0 Å². The van der Waals surface area contributed by atoms with E-state index in [0.717, 1.165) is 17.3 Å². The normalized spacial score (nSPS) is 10.6. The third-order valence-corrected chi connectivity index (χ3v) is 3.28. The number of ether oxygens (including phenoxy) is 1. The van der Waals surface area contributed by atoms with Crippen LogP contribution in [0.15, 0.2) is 30.3 Å². The van der Waals surface area contributed by atoms with Crippen LogP contribution < -0.4 is 11.3 Å². The maximum atomic E-state index is 12.6. The highest BCUT2D eigenvalue weighted by Gasteiger charge is 2.16. The SMILES string of the molecule is COCCCN(C)C(=O)c1cc(NN)nc2ccccc12. The number of fused-ring (bicyclic) bond motifs is 1. The number of amides is 1. The van der Waals surface area contributed by atoms with Crippen molar-refractivity contribution in [3.8, 4) is 0 Å². The summed E-state index contributed by atoms with van der Waals surface area (Å²) in [5, 5.41) is 0.820. The first-order chi connectivity index (χ1) is 10.2. The number of anilines is 1. The van der Waals surface area contributed by atoms with Crippen molar-refractivity contribution in [2.45, 2.75) is 6.42 Å². The Morgan fingerprint density at radius 3 is 2.90 bits per heavy atom. The molecular formula is C15H20N4O2. The predicted molar refractivity (Wildman–Crippen MR) is 83.0 cm³/mol. The van der Waals surface area contributed by atoms with E-state index in [9.17, 15) is 4.79 Å². The van der Waals surface area contributed by atoms with Gasteiger partial charge in [-0.3, -0.25) is 4.79 Å². The Kier molecular flexibility index (Phi) is 5.08. The van der Waals surface area contributed by atoms with Crippen molar-refractivity contribution in [2.75, 3.05) is 32.7 Å². The highest BCUT2D eigenvalue weighted by molar-refractivity contribution is 6.06. The molecule has 1 aromatic carbocycles. The Morgan fingerprint density at radius 2 is 2.19 bits per heavy atom. The molecule has 1 aromatic heterocycles. The minimum Gasteiger partial charge on any atom is -0.385 e. The molecule has 0 atom stereocenters. The molecule has 6 heteroatoms. The van der Waals surface area contributed by atoms with Gasteiger partial charge in [0, 0.05) is 32.7 Å². The second-order valence-corrected chi connectivity index (χ2v) is 4.79. The first kappa shape index (κ1) is 15.2. The number of carbonyl (C=O) groups is 1. The number of nitrogen functional groups attached to an aromatic ring is 1. The number of nitrogens with two attached hydrogens (primary N) is 1. The Labute approximate surface area is 123 Å². The van der Waals surface area contributed by atoms with Gasteiger partial charge in [0.05, 0.1) is 11.1 Å². The van der Waals surface area contributed by atoms with Crippen LogP contribution in [0.2, 0.25) is 0 Å². The number of carbonyl (C=O) groups excluding carboxylic acids is 1. The van der Waals surface area contributed by atoms with Gasteiger partial charge in [-0.25, -0.2) is 10.8 Å². The second-order valence-electron chi connectivity index (χ2n) is 4.79. The molecule has 2 aromatic rings. The third kappa shape index (κ3) is 3.48. The number of hydrazine groups is 1. The summed E-state index contributed by atoms with van der Waals surface area (Å²) < 4.78 is 5.01. The van der Waals surface area contributed by atoms with E-state index in [4.69, 9.17) is 10.6 Å². The number of para-hydroxylation sites is 1. The van der Waals surface area contributed by atoms with E-state index >= 15 is 0 Å². The van der Waals surface area contributed by atoms with Crippen molar-refractivity contribution in [1.82, 2.24) is 9.88 Å². The fourth-order valence-electron chi connectivity index (χ4n) is 2.18. The van der Waals surface area contributed by atoms with Crippen molar-refractivity contribution in [3.63, 3.8) is 0 Å². The summed E-state index contributed by atoms with van der Waals surface area (Å²) in [6.07, 6.45) is 0.795. The van der Waals surface area contributed by atoms with Gasteiger partial charge in [0.25, 0.3) is 5.91 Å². The van der Waals surface area contributed by atoms with E-state index in [2.05, 4.69) is 10.4 Å². The lowest BCUT2D eigenvalue weighted by atomic mass is 10.1. The molecule has 0 aliphatic rings. The van der Waals surface area contributed by atoms with E-state index in [0.29, 0.717) is 24.5 Å². The van der Waals surface area contributed by atoms with Crippen molar-refractivity contribution in [1.29, 1.82) is 0 Å². The Balaban J connectivity index is 2.33. The summed E-state index contributed by atoms with van der Waals surface area (Å²) in [5.41, 5.74) is 3.83. The van der Waals surface area contributed by atoms with Crippen LogP contribution in [0.25, 0.3) is 10.9 Å². The van der Waals surface area contributed by atoms with Gasteiger partial charge in [0.1, 0.15) is 5.82 Å². The van der Waals surface area contributed by atoms with Gasteiger partial charge in [-0.2, -0.15) is 0 Å². The summed E-state index contributed by atoms with van der Waals surface area (Å²) in [6, 6.07) is 9.20. The van der Waals surface area contributed by atoms with E-state index < -0.39 is 0 Å².